The molecule has 0 saturated heterocycles. The Bertz CT molecular complexity index is 603. The maximum atomic E-state index is 4.84. The molecule has 0 unspecified atom stereocenters. The largest absolute Gasteiger partial charge is 0.387 e. The Morgan fingerprint density at radius 2 is 1.94 bits per heavy atom. The van der Waals surface area contributed by atoms with Crippen LogP contribution in [0.15, 0.2) is 22.7 Å². The van der Waals surface area contributed by atoms with Crippen LogP contribution in [0.25, 0.3) is 10.9 Å². The van der Waals surface area contributed by atoms with Crippen molar-refractivity contribution in [3.05, 3.63) is 31.9 Å². The standard InChI is InChI=1S/C14H16BrIN2/c1-14(2,3)11-7-10(17-4)12-8(15)5-6-9(16)13(12)18-11/h5-7H,1-4H3,(H,17,18). The number of pyridine rings is 1. The molecule has 0 aliphatic rings. The third kappa shape index (κ3) is 2.50. The lowest BCUT2D eigenvalue weighted by atomic mass is 9.91. The van der Waals surface area contributed by atoms with E-state index in [1.165, 1.54) is 3.57 Å². The molecule has 0 amide bonds. The SMILES string of the molecule is CNc1cc(C(C)(C)C)nc2c(I)ccc(Br)c12. The third-order valence-corrected chi connectivity index (χ3v) is 4.43. The van der Waals surface area contributed by atoms with Crippen molar-refractivity contribution in [3.8, 4) is 0 Å². The molecular weight excluding hydrogens is 403 g/mol. The highest BCUT2D eigenvalue weighted by Gasteiger charge is 2.19. The minimum Gasteiger partial charge on any atom is -0.387 e. The predicted octanol–water partition coefficient (Wildman–Crippen LogP) is 4.94. The highest BCUT2D eigenvalue weighted by Crippen LogP contribution is 2.35. The van der Waals surface area contributed by atoms with Crippen LogP contribution in [0.3, 0.4) is 0 Å². The predicted molar refractivity (Wildman–Crippen MR) is 90.4 cm³/mol. The molecule has 0 radical (unpaired) electrons. The summed E-state index contributed by atoms with van der Waals surface area (Å²) in [4.78, 5) is 4.84. The summed E-state index contributed by atoms with van der Waals surface area (Å²) in [5.41, 5.74) is 3.33. The van der Waals surface area contributed by atoms with Gasteiger partial charge in [-0.1, -0.05) is 36.7 Å². The van der Waals surface area contributed by atoms with Gasteiger partial charge < -0.3 is 5.32 Å². The minimum absolute atomic E-state index is 0.0468. The van der Waals surface area contributed by atoms with Crippen molar-refractivity contribution < 1.29 is 0 Å². The van der Waals surface area contributed by atoms with Crippen LogP contribution in [-0.4, -0.2) is 12.0 Å². The lowest BCUT2D eigenvalue weighted by molar-refractivity contribution is 0.571. The average Bonchev–Trinajstić information content (AvgIpc) is 2.31. The number of benzene rings is 1. The highest BCUT2D eigenvalue weighted by molar-refractivity contribution is 14.1. The first-order valence-electron chi connectivity index (χ1n) is 5.81. The Labute approximate surface area is 130 Å². The maximum absolute atomic E-state index is 4.84. The molecule has 0 fully saturated rings. The second-order valence-electron chi connectivity index (χ2n) is 5.31. The number of hydrogen-bond donors (Lipinski definition) is 1. The number of hydrogen-bond acceptors (Lipinski definition) is 2. The van der Waals surface area contributed by atoms with Crippen molar-refractivity contribution in [3.63, 3.8) is 0 Å². The van der Waals surface area contributed by atoms with Gasteiger partial charge in [0.05, 0.1) is 5.52 Å². The fraction of sp³-hybridized carbons (Fsp3) is 0.357. The van der Waals surface area contributed by atoms with Crippen LogP contribution in [0.5, 0.6) is 0 Å². The van der Waals surface area contributed by atoms with Gasteiger partial charge in [-0.3, -0.25) is 4.98 Å². The van der Waals surface area contributed by atoms with Gasteiger partial charge in [-0.15, -0.1) is 0 Å². The quantitative estimate of drug-likeness (QED) is 0.663. The average molecular weight is 419 g/mol. The minimum atomic E-state index is 0.0468. The van der Waals surface area contributed by atoms with Gasteiger partial charge in [-0.05, 0) is 40.8 Å². The Hall–Kier alpha value is -0.360. The van der Waals surface area contributed by atoms with Gasteiger partial charge in [-0.25, -0.2) is 0 Å². The van der Waals surface area contributed by atoms with E-state index in [4.69, 9.17) is 4.98 Å². The van der Waals surface area contributed by atoms with Crippen molar-refractivity contribution >= 4 is 55.1 Å². The number of fused-ring (bicyclic) bond motifs is 1. The Morgan fingerprint density at radius 1 is 1.28 bits per heavy atom. The molecule has 2 rings (SSSR count). The number of nitrogens with zero attached hydrogens (tertiary/aromatic N) is 1. The Morgan fingerprint density at radius 3 is 2.50 bits per heavy atom. The van der Waals surface area contributed by atoms with E-state index >= 15 is 0 Å². The summed E-state index contributed by atoms with van der Waals surface area (Å²) in [7, 11) is 1.95. The van der Waals surface area contributed by atoms with Gasteiger partial charge in [-0.2, -0.15) is 0 Å². The van der Waals surface area contributed by atoms with E-state index in [1.54, 1.807) is 0 Å². The Kier molecular flexibility index (Phi) is 3.88. The molecule has 18 heavy (non-hydrogen) atoms. The topological polar surface area (TPSA) is 24.9 Å². The van der Waals surface area contributed by atoms with Crippen LogP contribution < -0.4 is 5.32 Å². The van der Waals surface area contributed by atoms with Crippen LogP contribution >= 0.6 is 38.5 Å². The van der Waals surface area contributed by atoms with Crippen molar-refractivity contribution in [2.45, 2.75) is 26.2 Å². The second kappa shape index (κ2) is 4.96. The number of aromatic nitrogens is 1. The molecule has 0 saturated carbocycles. The molecular formula is C14H16BrIN2. The molecule has 1 N–H and O–H groups in total. The number of nitrogens with one attached hydrogen (secondary N) is 1. The summed E-state index contributed by atoms with van der Waals surface area (Å²) in [5.74, 6) is 0. The first-order valence-corrected chi connectivity index (χ1v) is 7.68. The summed E-state index contributed by atoms with van der Waals surface area (Å²) in [5, 5.41) is 4.43. The van der Waals surface area contributed by atoms with Crippen molar-refractivity contribution in [1.82, 2.24) is 4.98 Å². The van der Waals surface area contributed by atoms with Gasteiger partial charge in [0.15, 0.2) is 0 Å². The molecule has 4 heteroatoms. The molecule has 2 nitrogen and oxygen atoms in total. The molecule has 2 aromatic rings. The van der Waals surface area contributed by atoms with Crippen LogP contribution in [0, 0.1) is 3.57 Å². The molecule has 1 aromatic heterocycles. The van der Waals surface area contributed by atoms with Crippen LogP contribution in [0.1, 0.15) is 26.5 Å². The highest BCUT2D eigenvalue weighted by atomic mass is 127. The fourth-order valence-corrected chi connectivity index (χ4v) is 2.95. The van der Waals surface area contributed by atoms with E-state index in [-0.39, 0.29) is 5.41 Å². The summed E-state index contributed by atoms with van der Waals surface area (Å²) >= 11 is 5.96. The van der Waals surface area contributed by atoms with E-state index in [0.29, 0.717) is 0 Å². The van der Waals surface area contributed by atoms with Gasteiger partial charge in [0.1, 0.15) is 0 Å². The molecule has 1 aromatic carbocycles. The summed E-state index contributed by atoms with van der Waals surface area (Å²) in [6.07, 6.45) is 0. The first-order chi connectivity index (χ1) is 8.34. The van der Waals surface area contributed by atoms with Gasteiger partial charge in [0.25, 0.3) is 0 Å². The summed E-state index contributed by atoms with van der Waals surface area (Å²) in [6.45, 7) is 6.56. The van der Waals surface area contributed by atoms with E-state index in [1.807, 2.05) is 7.05 Å². The van der Waals surface area contributed by atoms with E-state index < -0.39 is 0 Å². The normalized spacial score (nSPS) is 11.9. The van der Waals surface area contributed by atoms with Gasteiger partial charge in [0, 0.05) is 37.3 Å². The zero-order chi connectivity index (χ0) is 13.5. The van der Waals surface area contributed by atoms with Crippen LogP contribution in [0.4, 0.5) is 5.69 Å². The smallest absolute Gasteiger partial charge is 0.0871 e. The molecule has 0 spiro atoms. The van der Waals surface area contributed by atoms with Crippen LogP contribution in [-0.2, 0) is 5.41 Å². The van der Waals surface area contributed by atoms with Crippen LogP contribution in [0.2, 0.25) is 0 Å². The van der Waals surface area contributed by atoms with Crippen molar-refractivity contribution in [2.75, 3.05) is 12.4 Å². The molecule has 0 atom stereocenters. The fourth-order valence-electron chi connectivity index (χ4n) is 1.85. The molecule has 0 aliphatic carbocycles. The number of halogens is 2. The third-order valence-electron chi connectivity index (χ3n) is 2.90. The zero-order valence-corrected chi connectivity index (χ0v) is 14.7. The van der Waals surface area contributed by atoms with E-state index in [2.05, 4.69) is 82.8 Å². The lowest BCUT2D eigenvalue weighted by Crippen LogP contribution is -2.14. The maximum Gasteiger partial charge on any atom is 0.0871 e. The number of anilines is 1. The second-order valence-corrected chi connectivity index (χ2v) is 7.32. The lowest BCUT2D eigenvalue weighted by Gasteiger charge is -2.20. The summed E-state index contributed by atoms with van der Waals surface area (Å²) in [6, 6.07) is 6.30. The molecule has 0 bridgehead atoms. The van der Waals surface area contributed by atoms with E-state index in [9.17, 15) is 0 Å². The molecule has 96 valence electrons. The molecule has 0 aliphatic heterocycles. The monoisotopic (exact) mass is 418 g/mol. The van der Waals surface area contributed by atoms with Crippen molar-refractivity contribution in [1.29, 1.82) is 0 Å². The first kappa shape index (κ1) is 14.1. The van der Waals surface area contributed by atoms with E-state index in [0.717, 1.165) is 26.8 Å². The van der Waals surface area contributed by atoms with Gasteiger partial charge in [0.2, 0.25) is 0 Å². The zero-order valence-electron chi connectivity index (χ0n) is 10.9. The van der Waals surface area contributed by atoms with Gasteiger partial charge >= 0.3 is 0 Å². The summed E-state index contributed by atoms with van der Waals surface area (Å²) < 4.78 is 2.25. The molecule has 1 heterocycles. The Balaban J connectivity index is 2.88. The van der Waals surface area contributed by atoms with Crippen molar-refractivity contribution in [2.24, 2.45) is 0 Å². The number of rotatable bonds is 1.